The summed E-state index contributed by atoms with van der Waals surface area (Å²) in [5.74, 6) is -0.146. The highest BCUT2D eigenvalue weighted by atomic mass is 35.5. The summed E-state index contributed by atoms with van der Waals surface area (Å²) in [5.41, 5.74) is 6.66. The average molecular weight is 303 g/mol. The lowest BCUT2D eigenvalue weighted by Gasteiger charge is -2.19. The van der Waals surface area contributed by atoms with Crippen LogP contribution in [0.1, 0.15) is 44.7 Å². The van der Waals surface area contributed by atoms with Gasteiger partial charge < -0.3 is 11.1 Å². The van der Waals surface area contributed by atoms with Gasteiger partial charge >= 0.3 is 0 Å². The lowest BCUT2D eigenvalue weighted by molar-refractivity contribution is -0.123. The fourth-order valence-corrected chi connectivity index (χ4v) is 2.38. The van der Waals surface area contributed by atoms with E-state index in [-0.39, 0.29) is 11.9 Å². The zero-order chi connectivity index (χ0) is 14.4. The predicted octanol–water partition coefficient (Wildman–Crippen LogP) is 3.69. The lowest BCUT2D eigenvalue weighted by Crippen LogP contribution is -2.41. The highest BCUT2D eigenvalue weighted by Crippen LogP contribution is 2.26. The summed E-state index contributed by atoms with van der Waals surface area (Å²) in [7, 11) is 0. The summed E-state index contributed by atoms with van der Waals surface area (Å²) in [6, 6.07) is 4.58. The molecule has 1 amide bonds. The monoisotopic (exact) mass is 302 g/mol. The number of hydrogen-bond acceptors (Lipinski definition) is 2. The Balaban J connectivity index is 2.63. The zero-order valence-electron chi connectivity index (χ0n) is 11.2. The second-order valence-corrected chi connectivity index (χ2v) is 5.49. The Morgan fingerprint density at radius 3 is 2.68 bits per heavy atom. The summed E-state index contributed by atoms with van der Waals surface area (Å²) in [4.78, 5) is 11.9. The van der Waals surface area contributed by atoms with Crippen LogP contribution in [-0.4, -0.2) is 11.9 Å². The fourth-order valence-electron chi connectivity index (χ4n) is 1.81. The van der Waals surface area contributed by atoms with E-state index in [2.05, 4.69) is 12.2 Å². The van der Waals surface area contributed by atoms with Gasteiger partial charge in [-0.05, 0) is 31.0 Å². The third-order valence-electron chi connectivity index (χ3n) is 2.99. The standard InChI is InChI=1S/C14H20Cl2N2O/c1-3-4-5-13(17)14(19)18-9(2)11-7-6-10(15)8-12(11)16/h6-9,13H,3-5,17H2,1-2H3,(H,18,19)/t9-,13-/m1/s1. The number of benzene rings is 1. The maximum atomic E-state index is 11.9. The summed E-state index contributed by atoms with van der Waals surface area (Å²) in [6.07, 6.45) is 2.67. The molecule has 106 valence electrons. The minimum Gasteiger partial charge on any atom is -0.348 e. The summed E-state index contributed by atoms with van der Waals surface area (Å²) < 4.78 is 0. The topological polar surface area (TPSA) is 55.1 Å². The number of halogens is 2. The zero-order valence-corrected chi connectivity index (χ0v) is 12.8. The van der Waals surface area contributed by atoms with E-state index in [9.17, 15) is 4.79 Å². The van der Waals surface area contributed by atoms with Crippen LogP contribution in [0.2, 0.25) is 10.0 Å². The Labute approximate surface area is 124 Å². The van der Waals surface area contributed by atoms with E-state index in [1.54, 1.807) is 12.1 Å². The van der Waals surface area contributed by atoms with E-state index in [0.29, 0.717) is 16.5 Å². The summed E-state index contributed by atoms with van der Waals surface area (Å²) in [5, 5.41) is 3.99. The molecule has 0 aliphatic rings. The molecule has 3 nitrogen and oxygen atoms in total. The van der Waals surface area contributed by atoms with Crippen LogP contribution in [0.3, 0.4) is 0 Å². The number of rotatable bonds is 6. The maximum absolute atomic E-state index is 11.9. The number of nitrogens with one attached hydrogen (secondary N) is 1. The molecule has 0 heterocycles. The molecule has 0 aliphatic heterocycles. The van der Waals surface area contributed by atoms with Gasteiger partial charge in [0.15, 0.2) is 0 Å². The highest BCUT2D eigenvalue weighted by molar-refractivity contribution is 6.35. The Hall–Kier alpha value is -0.770. The first-order chi connectivity index (χ1) is 8.95. The second-order valence-electron chi connectivity index (χ2n) is 4.64. The van der Waals surface area contributed by atoms with Crippen LogP contribution in [-0.2, 0) is 4.79 Å². The van der Waals surface area contributed by atoms with Gasteiger partial charge in [0, 0.05) is 10.0 Å². The van der Waals surface area contributed by atoms with Crippen LogP contribution >= 0.6 is 23.2 Å². The molecule has 1 aromatic rings. The van der Waals surface area contributed by atoms with Crippen molar-refractivity contribution in [3.63, 3.8) is 0 Å². The summed E-state index contributed by atoms with van der Waals surface area (Å²) in [6.45, 7) is 3.94. The molecule has 5 heteroatoms. The largest absolute Gasteiger partial charge is 0.348 e. The number of amides is 1. The molecule has 0 spiro atoms. The van der Waals surface area contributed by atoms with Gasteiger partial charge in [0.25, 0.3) is 0 Å². The van der Waals surface area contributed by atoms with Gasteiger partial charge in [-0.1, -0.05) is 49.0 Å². The van der Waals surface area contributed by atoms with E-state index >= 15 is 0 Å². The summed E-state index contributed by atoms with van der Waals surface area (Å²) >= 11 is 11.9. The molecule has 0 saturated carbocycles. The second kappa shape index (κ2) is 7.73. The molecule has 3 N–H and O–H groups in total. The van der Waals surface area contributed by atoms with Crippen molar-refractivity contribution < 1.29 is 4.79 Å². The molecule has 1 aromatic carbocycles. The quantitative estimate of drug-likeness (QED) is 0.842. The number of nitrogens with two attached hydrogens (primary N) is 1. The van der Waals surface area contributed by atoms with Crippen LogP contribution in [0.5, 0.6) is 0 Å². The van der Waals surface area contributed by atoms with Crippen LogP contribution in [0.4, 0.5) is 0 Å². The molecule has 0 saturated heterocycles. The predicted molar refractivity (Wildman–Crippen MR) is 80.5 cm³/mol. The van der Waals surface area contributed by atoms with Gasteiger partial charge in [0.1, 0.15) is 0 Å². The number of carbonyl (C=O) groups is 1. The molecule has 1 rings (SSSR count). The van der Waals surface area contributed by atoms with E-state index in [0.717, 1.165) is 18.4 Å². The Bertz CT molecular complexity index is 437. The van der Waals surface area contributed by atoms with Crippen molar-refractivity contribution in [3.8, 4) is 0 Å². The highest BCUT2D eigenvalue weighted by Gasteiger charge is 2.17. The first-order valence-electron chi connectivity index (χ1n) is 6.46. The molecule has 0 aromatic heterocycles. The number of carbonyl (C=O) groups excluding carboxylic acids is 1. The first-order valence-corrected chi connectivity index (χ1v) is 7.22. The molecule has 0 fully saturated rings. The van der Waals surface area contributed by atoms with Gasteiger partial charge in [0.2, 0.25) is 5.91 Å². The third-order valence-corrected chi connectivity index (χ3v) is 3.56. The molecule has 0 aliphatic carbocycles. The molecule has 0 bridgehead atoms. The normalized spacial score (nSPS) is 13.9. The van der Waals surface area contributed by atoms with E-state index in [4.69, 9.17) is 28.9 Å². The van der Waals surface area contributed by atoms with Crippen molar-refractivity contribution in [2.75, 3.05) is 0 Å². The molecule has 19 heavy (non-hydrogen) atoms. The van der Waals surface area contributed by atoms with Crippen LogP contribution in [0.25, 0.3) is 0 Å². The van der Waals surface area contributed by atoms with Crippen LogP contribution in [0.15, 0.2) is 18.2 Å². The Morgan fingerprint density at radius 1 is 1.42 bits per heavy atom. The smallest absolute Gasteiger partial charge is 0.237 e. The van der Waals surface area contributed by atoms with Crippen molar-refractivity contribution in [1.29, 1.82) is 0 Å². The molecule has 0 radical (unpaired) electrons. The van der Waals surface area contributed by atoms with E-state index in [1.807, 2.05) is 13.0 Å². The van der Waals surface area contributed by atoms with Gasteiger partial charge in [-0.3, -0.25) is 4.79 Å². The minimum absolute atomic E-state index is 0.146. The van der Waals surface area contributed by atoms with Gasteiger partial charge in [-0.15, -0.1) is 0 Å². The Kier molecular flexibility index (Phi) is 6.63. The van der Waals surface area contributed by atoms with E-state index in [1.165, 1.54) is 0 Å². The van der Waals surface area contributed by atoms with Crippen LogP contribution in [0, 0.1) is 0 Å². The molecule has 0 unspecified atom stereocenters. The maximum Gasteiger partial charge on any atom is 0.237 e. The first kappa shape index (κ1) is 16.3. The van der Waals surface area contributed by atoms with Gasteiger partial charge in [-0.2, -0.15) is 0 Å². The molecular formula is C14H20Cl2N2O. The van der Waals surface area contributed by atoms with Crippen LogP contribution < -0.4 is 11.1 Å². The van der Waals surface area contributed by atoms with Gasteiger partial charge in [-0.25, -0.2) is 0 Å². The average Bonchev–Trinajstić information content (AvgIpc) is 2.35. The minimum atomic E-state index is -0.464. The Morgan fingerprint density at radius 2 is 2.11 bits per heavy atom. The van der Waals surface area contributed by atoms with Crippen molar-refractivity contribution in [1.82, 2.24) is 5.32 Å². The lowest BCUT2D eigenvalue weighted by atomic mass is 10.1. The van der Waals surface area contributed by atoms with Crippen molar-refractivity contribution in [2.45, 2.75) is 45.2 Å². The molecule has 2 atom stereocenters. The third kappa shape index (κ3) is 5.01. The van der Waals surface area contributed by atoms with Gasteiger partial charge in [0.05, 0.1) is 12.1 Å². The van der Waals surface area contributed by atoms with Crippen molar-refractivity contribution >= 4 is 29.1 Å². The number of unbranched alkanes of at least 4 members (excludes halogenated alkanes) is 1. The van der Waals surface area contributed by atoms with Crippen molar-refractivity contribution in [2.24, 2.45) is 5.73 Å². The fraction of sp³-hybridized carbons (Fsp3) is 0.500. The molecular weight excluding hydrogens is 283 g/mol. The number of hydrogen-bond donors (Lipinski definition) is 2. The van der Waals surface area contributed by atoms with E-state index < -0.39 is 6.04 Å². The van der Waals surface area contributed by atoms with Crippen molar-refractivity contribution in [3.05, 3.63) is 33.8 Å². The SMILES string of the molecule is CCCC[C@@H](N)C(=O)N[C@H](C)c1ccc(Cl)cc1Cl.